The van der Waals surface area contributed by atoms with Crippen molar-refractivity contribution >= 4 is 11.7 Å². The Labute approximate surface area is 161 Å². The average molecular weight is 364 g/mol. The number of piperidine rings is 1. The van der Waals surface area contributed by atoms with E-state index in [0.29, 0.717) is 23.6 Å². The predicted molar refractivity (Wildman–Crippen MR) is 109 cm³/mol. The first kappa shape index (κ1) is 19.3. The molecule has 1 saturated heterocycles. The van der Waals surface area contributed by atoms with Gasteiger partial charge in [-0.25, -0.2) is 0 Å². The van der Waals surface area contributed by atoms with Crippen molar-refractivity contribution in [2.75, 3.05) is 26.7 Å². The van der Waals surface area contributed by atoms with Gasteiger partial charge in [-0.15, -0.1) is 0 Å². The van der Waals surface area contributed by atoms with E-state index in [0.717, 1.165) is 24.1 Å². The molecular formula is C23H28N2O2. The van der Waals surface area contributed by atoms with Crippen LogP contribution in [0.25, 0.3) is 11.1 Å². The largest absolute Gasteiger partial charge is 0.352 e. The number of rotatable bonds is 6. The number of ketones is 1. The van der Waals surface area contributed by atoms with Crippen LogP contribution in [-0.2, 0) is 0 Å². The fourth-order valence-corrected chi connectivity index (χ4v) is 3.84. The molecule has 0 aliphatic carbocycles. The molecule has 2 aromatic carbocycles. The van der Waals surface area contributed by atoms with Crippen LogP contribution < -0.4 is 5.32 Å². The number of hydrogen-bond acceptors (Lipinski definition) is 3. The van der Waals surface area contributed by atoms with Gasteiger partial charge in [0.05, 0.1) is 0 Å². The Morgan fingerprint density at radius 1 is 1.11 bits per heavy atom. The Bertz CT molecular complexity index is 798. The predicted octanol–water partition coefficient (Wildman–Crippen LogP) is 4.02. The van der Waals surface area contributed by atoms with E-state index in [1.165, 1.54) is 19.4 Å². The van der Waals surface area contributed by atoms with Gasteiger partial charge in [0.1, 0.15) is 0 Å². The Kier molecular flexibility index (Phi) is 6.40. The number of likely N-dealkylation sites (tertiary alicyclic amines) is 1. The molecule has 1 N–H and O–H groups in total. The quantitative estimate of drug-likeness (QED) is 0.788. The second kappa shape index (κ2) is 8.96. The molecule has 1 amide bonds. The molecule has 1 aliphatic heterocycles. The summed E-state index contributed by atoms with van der Waals surface area (Å²) in [5, 5.41) is 3.04. The highest BCUT2D eigenvalue weighted by Crippen LogP contribution is 2.24. The minimum Gasteiger partial charge on any atom is -0.352 e. The van der Waals surface area contributed by atoms with Gasteiger partial charge in [-0.1, -0.05) is 36.4 Å². The summed E-state index contributed by atoms with van der Waals surface area (Å²) in [5.41, 5.74) is 3.20. The van der Waals surface area contributed by atoms with Crippen LogP contribution in [0.1, 0.15) is 46.9 Å². The standard InChI is InChI=1S/C23H28N2O2/c1-17(26)21-7-3-4-8-22(21)19-9-11-20(12-10-19)23(27)24-14-13-18-6-5-15-25(2)16-18/h3-4,7-12,18H,5-6,13-16H2,1-2H3,(H,24,27)/t18-/m0/s1. The van der Waals surface area contributed by atoms with E-state index >= 15 is 0 Å². The number of carbonyl (C=O) groups excluding carboxylic acids is 2. The molecule has 0 unspecified atom stereocenters. The summed E-state index contributed by atoms with van der Waals surface area (Å²) < 4.78 is 0. The maximum absolute atomic E-state index is 12.4. The number of hydrogen-bond donors (Lipinski definition) is 1. The normalized spacial score (nSPS) is 17.5. The lowest BCUT2D eigenvalue weighted by molar-refractivity contribution is 0.0947. The summed E-state index contributed by atoms with van der Waals surface area (Å²) in [6.45, 7) is 4.60. The molecule has 1 atom stereocenters. The zero-order valence-corrected chi connectivity index (χ0v) is 16.2. The monoisotopic (exact) mass is 364 g/mol. The van der Waals surface area contributed by atoms with Gasteiger partial charge in [0.2, 0.25) is 0 Å². The SMILES string of the molecule is CC(=O)c1ccccc1-c1ccc(C(=O)NCC[C@@H]2CCCN(C)C2)cc1. The van der Waals surface area contributed by atoms with Gasteiger partial charge in [0.25, 0.3) is 5.91 Å². The molecule has 4 nitrogen and oxygen atoms in total. The van der Waals surface area contributed by atoms with Crippen LogP contribution in [0.3, 0.4) is 0 Å². The first-order chi connectivity index (χ1) is 13.0. The van der Waals surface area contributed by atoms with Crippen molar-refractivity contribution in [3.05, 3.63) is 59.7 Å². The van der Waals surface area contributed by atoms with Crippen molar-refractivity contribution in [3.8, 4) is 11.1 Å². The van der Waals surface area contributed by atoms with E-state index in [9.17, 15) is 9.59 Å². The average Bonchev–Trinajstić information content (AvgIpc) is 2.68. The van der Waals surface area contributed by atoms with Crippen molar-refractivity contribution in [1.82, 2.24) is 10.2 Å². The molecule has 0 aromatic heterocycles. The summed E-state index contributed by atoms with van der Waals surface area (Å²) in [6, 6.07) is 15.0. The lowest BCUT2D eigenvalue weighted by Gasteiger charge is -2.29. The topological polar surface area (TPSA) is 49.4 Å². The van der Waals surface area contributed by atoms with Crippen LogP contribution >= 0.6 is 0 Å². The summed E-state index contributed by atoms with van der Waals surface area (Å²) in [7, 11) is 2.16. The Balaban J connectivity index is 1.58. The van der Waals surface area contributed by atoms with Gasteiger partial charge in [-0.3, -0.25) is 9.59 Å². The number of Topliss-reactive ketones (excluding diaryl/α,β-unsaturated/α-hetero) is 1. The van der Waals surface area contributed by atoms with Crippen LogP contribution in [0.4, 0.5) is 0 Å². The second-order valence-electron chi connectivity index (χ2n) is 7.49. The number of carbonyl (C=O) groups is 2. The molecule has 0 spiro atoms. The Morgan fingerprint density at radius 2 is 1.85 bits per heavy atom. The van der Waals surface area contributed by atoms with E-state index in [1.807, 2.05) is 48.5 Å². The molecular weight excluding hydrogens is 336 g/mol. The summed E-state index contributed by atoms with van der Waals surface area (Å²) >= 11 is 0. The van der Waals surface area contributed by atoms with E-state index in [2.05, 4.69) is 17.3 Å². The molecule has 0 radical (unpaired) electrons. The van der Waals surface area contributed by atoms with Gasteiger partial charge in [-0.2, -0.15) is 0 Å². The molecule has 1 aliphatic rings. The van der Waals surface area contributed by atoms with E-state index in [4.69, 9.17) is 0 Å². The van der Waals surface area contributed by atoms with Crippen LogP contribution in [0, 0.1) is 5.92 Å². The smallest absolute Gasteiger partial charge is 0.251 e. The van der Waals surface area contributed by atoms with Crippen LogP contribution in [0.15, 0.2) is 48.5 Å². The Morgan fingerprint density at radius 3 is 2.56 bits per heavy atom. The van der Waals surface area contributed by atoms with Crippen molar-refractivity contribution in [1.29, 1.82) is 0 Å². The second-order valence-corrected chi connectivity index (χ2v) is 7.49. The molecule has 2 aromatic rings. The molecule has 142 valence electrons. The maximum atomic E-state index is 12.4. The third kappa shape index (κ3) is 5.04. The number of amides is 1. The summed E-state index contributed by atoms with van der Waals surface area (Å²) in [6.07, 6.45) is 3.53. The number of benzene rings is 2. The van der Waals surface area contributed by atoms with Crippen LogP contribution in [0.2, 0.25) is 0 Å². The zero-order valence-electron chi connectivity index (χ0n) is 16.2. The lowest BCUT2D eigenvalue weighted by Crippen LogP contribution is -2.34. The van der Waals surface area contributed by atoms with E-state index < -0.39 is 0 Å². The molecule has 0 saturated carbocycles. The van der Waals surface area contributed by atoms with Crippen molar-refractivity contribution in [2.45, 2.75) is 26.2 Å². The molecule has 27 heavy (non-hydrogen) atoms. The lowest BCUT2D eigenvalue weighted by atomic mass is 9.95. The maximum Gasteiger partial charge on any atom is 0.251 e. The van der Waals surface area contributed by atoms with Crippen molar-refractivity contribution in [2.24, 2.45) is 5.92 Å². The van der Waals surface area contributed by atoms with Crippen molar-refractivity contribution in [3.63, 3.8) is 0 Å². The molecule has 0 bridgehead atoms. The number of nitrogens with one attached hydrogen (secondary N) is 1. The van der Waals surface area contributed by atoms with E-state index in [-0.39, 0.29) is 11.7 Å². The third-order valence-corrected chi connectivity index (χ3v) is 5.32. The van der Waals surface area contributed by atoms with Gasteiger partial charge >= 0.3 is 0 Å². The minimum atomic E-state index is -0.0365. The van der Waals surface area contributed by atoms with Crippen LogP contribution in [0.5, 0.6) is 0 Å². The first-order valence-electron chi connectivity index (χ1n) is 9.71. The fraction of sp³-hybridized carbons (Fsp3) is 0.391. The molecule has 4 heteroatoms. The van der Waals surface area contributed by atoms with Crippen molar-refractivity contribution < 1.29 is 9.59 Å². The van der Waals surface area contributed by atoms with Gasteiger partial charge in [0.15, 0.2) is 5.78 Å². The first-order valence-corrected chi connectivity index (χ1v) is 9.71. The highest BCUT2D eigenvalue weighted by molar-refractivity contribution is 6.01. The minimum absolute atomic E-state index is 0.0365. The van der Waals surface area contributed by atoms with Gasteiger partial charge in [-0.05, 0) is 69.0 Å². The Hall–Kier alpha value is -2.46. The zero-order chi connectivity index (χ0) is 19.2. The molecule has 3 rings (SSSR count). The van der Waals surface area contributed by atoms with E-state index in [1.54, 1.807) is 6.92 Å². The summed E-state index contributed by atoms with van der Waals surface area (Å²) in [5.74, 6) is 0.681. The van der Waals surface area contributed by atoms with Gasteiger partial charge < -0.3 is 10.2 Å². The number of nitrogens with zero attached hydrogens (tertiary/aromatic N) is 1. The fourth-order valence-electron chi connectivity index (χ4n) is 3.84. The highest BCUT2D eigenvalue weighted by atomic mass is 16.1. The molecule has 1 heterocycles. The highest BCUT2D eigenvalue weighted by Gasteiger charge is 2.17. The molecule has 1 fully saturated rings. The van der Waals surface area contributed by atoms with Gasteiger partial charge in [0, 0.05) is 24.2 Å². The summed E-state index contributed by atoms with van der Waals surface area (Å²) in [4.78, 5) is 26.6. The van der Waals surface area contributed by atoms with Crippen LogP contribution in [-0.4, -0.2) is 43.3 Å². The third-order valence-electron chi connectivity index (χ3n) is 5.32.